The monoisotopic (exact) mass is 416 g/mol. The number of amides is 2. The molecule has 1 aliphatic heterocycles. The van der Waals surface area contributed by atoms with Crippen molar-refractivity contribution in [3.05, 3.63) is 89.9 Å². The topological polar surface area (TPSA) is 87.3 Å². The van der Waals surface area contributed by atoms with E-state index in [4.69, 9.17) is 4.74 Å². The molecule has 0 saturated carbocycles. The van der Waals surface area contributed by atoms with Crippen molar-refractivity contribution in [3.8, 4) is 11.3 Å². The van der Waals surface area contributed by atoms with Gasteiger partial charge in [0.05, 0.1) is 19.0 Å². The highest BCUT2D eigenvalue weighted by Gasteiger charge is 2.34. The summed E-state index contributed by atoms with van der Waals surface area (Å²) in [6, 6.07) is 16.1. The summed E-state index contributed by atoms with van der Waals surface area (Å²) in [5.41, 5.74) is 3.78. The van der Waals surface area contributed by atoms with Crippen LogP contribution in [-0.4, -0.2) is 40.5 Å². The molecule has 2 atom stereocenters. The van der Waals surface area contributed by atoms with Gasteiger partial charge in [0.25, 0.3) is 5.91 Å². The van der Waals surface area contributed by atoms with Gasteiger partial charge in [-0.25, -0.2) is 9.78 Å². The Bertz CT molecular complexity index is 1090. The second kappa shape index (κ2) is 8.87. The highest BCUT2D eigenvalue weighted by Crippen LogP contribution is 2.30. The van der Waals surface area contributed by atoms with E-state index in [1.54, 1.807) is 23.2 Å². The van der Waals surface area contributed by atoms with E-state index >= 15 is 0 Å². The minimum absolute atomic E-state index is 0.236. The van der Waals surface area contributed by atoms with Crippen LogP contribution in [0.4, 0.5) is 4.79 Å². The predicted octanol–water partition coefficient (Wildman–Crippen LogP) is 3.92. The Hall–Kier alpha value is -3.87. The molecule has 0 radical (unpaired) electrons. The number of alkyl carbamates (subject to hydrolysis) is 1. The number of aromatic nitrogens is 2. The molecule has 158 valence electrons. The largest absolute Gasteiger partial charge is 0.453 e. The summed E-state index contributed by atoms with van der Waals surface area (Å²) in [6.07, 6.45) is 4.98. The van der Waals surface area contributed by atoms with Crippen LogP contribution in [0.2, 0.25) is 0 Å². The van der Waals surface area contributed by atoms with Crippen LogP contribution < -0.4 is 5.32 Å². The van der Waals surface area contributed by atoms with Crippen molar-refractivity contribution in [2.75, 3.05) is 13.7 Å². The minimum atomic E-state index is -0.859. The number of imidazole rings is 1. The number of aryl methyl sites for hydroxylation is 1. The smallest absolute Gasteiger partial charge is 0.407 e. The third kappa shape index (κ3) is 4.35. The fraction of sp³-hybridized carbons (Fsp3) is 0.208. The average molecular weight is 416 g/mol. The molecule has 31 heavy (non-hydrogen) atoms. The van der Waals surface area contributed by atoms with Crippen LogP contribution >= 0.6 is 0 Å². The number of methoxy groups -OCH3 is 1. The van der Waals surface area contributed by atoms with Crippen LogP contribution in [0.15, 0.2) is 72.9 Å². The molecule has 1 aromatic heterocycles. The number of rotatable bonds is 5. The third-order valence-corrected chi connectivity index (χ3v) is 5.30. The maximum atomic E-state index is 13.5. The first-order valence-corrected chi connectivity index (χ1v) is 10.1. The van der Waals surface area contributed by atoms with Crippen molar-refractivity contribution >= 4 is 12.0 Å². The van der Waals surface area contributed by atoms with E-state index in [0.717, 1.165) is 11.3 Å². The number of aromatic amines is 1. The Morgan fingerprint density at radius 3 is 2.61 bits per heavy atom. The van der Waals surface area contributed by atoms with Crippen molar-refractivity contribution < 1.29 is 14.3 Å². The van der Waals surface area contributed by atoms with Gasteiger partial charge >= 0.3 is 6.09 Å². The minimum Gasteiger partial charge on any atom is -0.453 e. The number of nitrogens with one attached hydrogen (secondary N) is 2. The van der Waals surface area contributed by atoms with Crippen molar-refractivity contribution in [2.24, 2.45) is 0 Å². The molecule has 0 aliphatic carbocycles. The Morgan fingerprint density at radius 1 is 1.16 bits per heavy atom. The summed E-state index contributed by atoms with van der Waals surface area (Å²) in [7, 11) is 1.28. The fourth-order valence-corrected chi connectivity index (χ4v) is 3.63. The number of carbonyl (C=O) groups excluding carboxylic acids is 2. The van der Waals surface area contributed by atoms with Gasteiger partial charge in [0.15, 0.2) is 0 Å². The number of hydrogen-bond donors (Lipinski definition) is 2. The van der Waals surface area contributed by atoms with Crippen molar-refractivity contribution in [3.63, 3.8) is 0 Å². The highest BCUT2D eigenvalue weighted by atomic mass is 16.5. The van der Waals surface area contributed by atoms with Crippen LogP contribution in [0.25, 0.3) is 11.3 Å². The number of hydrogen-bond acceptors (Lipinski definition) is 4. The molecule has 0 unspecified atom stereocenters. The van der Waals surface area contributed by atoms with Gasteiger partial charge in [-0.1, -0.05) is 72.3 Å². The van der Waals surface area contributed by atoms with Gasteiger partial charge in [-0.3, -0.25) is 4.79 Å². The summed E-state index contributed by atoms with van der Waals surface area (Å²) in [5.74, 6) is 0.433. The van der Waals surface area contributed by atoms with Gasteiger partial charge in [-0.2, -0.15) is 0 Å². The molecule has 7 nitrogen and oxygen atoms in total. The number of ether oxygens (including phenoxy) is 1. The van der Waals surface area contributed by atoms with E-state index in [1.807, 2.05) is 61.5 Å². The average Bonchev–Trinajstić information content (AvgIpc) is 3.47. The van der Waals surface area contributed by atoms with E-state index in [0.29, 0.717) is 17.9 Å². The standard InChI is InChI=1S/C24H24N4O3/c1-16-10-12-17(13-11-16)19-15-25-22(26-19)20-9-6-14-28(20)23(29)21(27-24(30)31-2)18-7-4-3-5-8-18/h3-13,15,20-21H,14H2,1-2H3,(H,25,26)(H,27,30)/t20-,21+/m0/s1. The lowest BCUT2D eigenvalue weighted by Crippen LogP contribution is -2.43. The van der Waals surface area contributed by atoms with Crippen LogP contribution in [0, 0.1) is 6.92 Å². The van der Waals surface area contributed by atoms with Crippen molar-refractivity contribution in [1.82, 2.24) is 20.2 Å². The number of nitrogens with zero attached hydrogens (tertiary/aromatic N) is 2. The third-order valence-electron chi connectivity index (χ3n) is 5.30. The Morgan fingerprint density at radius 2 is 1.90 bits per heavy atom. The maximum absolute atomic E-state index is 13.5. The number of benzene rings is 2. The van der Waals surface area contributed by atoms with Gasteiger partial charge in [-0.05, 0) is 18.1 Å². The van der Waals surface area contributed by atoms with Gasteiger partial charge in [0, 0.05) is 6.54 Å². The van der Waals surface area contributed by atoms with E-state index < -0.39 is 12.1 Å². The molecule has 0 saturated heterocycles. The van der Waals surface area contributed by atoms with Crippen molar-refractivity contribution in [1.29, 1.82) is 0 Å². The number of H-pyrrole nitrogens is 1. The van der Waals surface area contributed by atoms with Crippen LogP contribution in [0.3, 0.4) is 0 Å². The van der Waals surface area contributed by atoms with E-state index in [9.17, 15) is 9.59 Å². The first-order valence-electron chi connectivity index (χ1n) is 10.1. The first-order chi connectivity index (χ1) is 15.1. The zero-order valence-corrected chi connectivity index (χ0v) is 17.4. The lowest BCUT2D eigenvalue weighted by atomic mass is 10.1. The summed E-state index contributed by atoms with van der Waals surface area (Å²) >= 11 is 0. The Labute approximate surface area is 180 Å². The van der Waals surface area contributed by atoms with E-state index in [2.05, 4.69) is 15.3 Å². The van der Waals surface area contributed by atoms with Crippen LogP contribution in [-0.2, 0) is 9.53 Å². The zero-order chi connectivity index (χ0) is 21.8. The predicted molar refractivity (Wildman–Crippen MR) is 117 cm³/mol. The normalized spacial score (nSPS) is 16.2. The number of carbonyl (C=O) groups is 2. The summed E-state index contributed by atoms with van der Waals surface area (Å²) in [5, 5.41) is 2.66. The lowest BCUT2D eigenvalue weighted by Gasteiger charge is -2.28. The molecule has 2 aromatic carbocycles. The Kier molecular flexibility index (Phi) is 5.84. The second-order valence-corrected chi connectivity index (χ2v) is 7.39. The molecular weight excluding hydrogens is 392 g/mol. The molecule has 4 rings (SSSR count). The van der Waals surface area contributed by atoms with E-state index in [-0.39, 0.29) is 11.9 Å². The van der Waals surface area contributed by atoms with Crippen LogP contribution in [0.1, 0.15) is 29.0 Å². The van der Waals surface area contributed by atoms with Gasteiger partial charge in [0.1, 0.15) is 17.9 Å². The molecule has 0 fully saturated rings. The second-order valence-electron chi connectivity index (χ2n) is 7.39. The molecule has 2 N–H and O–H groups in total. The van der Waals surface area contributed by atoms with Crippen molar-refractivity contribution in [2.45, 2.75) is 19.0 Å². The Balaban J connectivity index is 1.59. The fourth-order valence-electron chi connectivity index (χ4n) is 3.63. The molecule has 0 bridgehead atoms. The van der Waals surface area contributed by atoms with Gasteiger partial charge in [0.2, 0.25) is 0 Å². The highest BCUT2D eigenvalue weighted by molar-refractivity contribution is 5.87. The first kappa shape index (κ1) is 20.4. The summed E-state index contributed by atoms with van der Waals surface area (Å²) < 4.78 is 4.73. The zero-order valence-electron chi connectivity index (χ0n) is 17.4. The van der Waals surface area contributed by atoms with Gasteiger partial charge in [-0.15, -0.1) is 0 Å². The quantitative estimate of drug-likeness (QED) is 0.617. The molecule has 2 heterocycles. The van der Waals surface area contributed by atoms with Gasteiger partial charge < -0.3 is 19.9 Å². The molecule has 7 heteroatoms. The molecule has 2 amide bonds. The van der Waals surface area contributed by atoms with E-state index in [1.165, 1.54) is 12.7 Å². The molecule has 3 aromatic rings. The summed E-state index contributed by atoms with van der Waals surface area (Å²) in [4.78, 5) is 34.9. The molecule has 1 aliphatic rings. The SMILES string of the molecule is COC(=O)N[C@@H](C(=O)N1CC=C[C@H]1c1ncc(-c2ccc(C)cc2)[nH]1)c1ccccc1. The van der Waals surface area contributed by atoms with Crippen LogP contribution in [0.5, 0.6) is 0 Å². The maximum Gasteiger partial charge on any atom is 0.407 e. The molecule has 0 spiro atoms. The summed E-state index contributed by atoms with van der Waals surface area (Å²) in [6.45, 7) is 2.47. The lowest BCUT2D eigenvalue weighted by molar-refractivity contribution is -0.134. The molecular formula is C24H24N4O3.